The molecule has 0 aliphatic carbocycles. The Hall–Kier alpha value is -1.62. The first-order valence-corrected chi connectivity index (χ1v) is 6.63. The Morgan fingerprint density at radius 1 is 1.53 bits per heavy atom. The number of carbonyl (C=O) groups excluding carboxylic acids is 1. The van der Waals surface area contributed by atoms with Crippen LogP contribution < -0.4 is 15.0 Å². The monoisotopic (exact) mass is 264 g/mol. The summed E-state index contributed by atoms with van der Waals surface area (Å²) in [6.45, 7) is 4.02. The van der Waals surface area contributed by atoms with Crippen LogP contribution in [0.1, 0.15) is 13.3 Å². The third kappa shape index (κ3) is 2.30. The lowest BCUT2D eigenvalue weighted by Crippen LogP contribution is -2.45. The molecule has 0 unspecified atom stereocenters. The molecule has 19 heavy (non-hydrogen) atoms. The van der Waals surface area contributed by atoms with E-state index in [-0.39, 0.29) is 23.7 Å². The zero-order valence-corrected chi connectivity index (χ0v) is 10.9. The van der Waals surface area contributed by atoms with Crippen LogP contribution in [0.5, 0.6) is 5.75 Å². The second-order valence-electron chi connectivity index (χ2n) is 5.18. The standard InChI is InChI=1S/C14H17FN2O2/c1-9-8-17(14(18)10-4-5-16-7-10)12-3-2-11(15)6-13(12)19-9/h2-3,6,9-10,16H,4-5,7-8H2,1H3/t9-,10+/m1/s1. The summed E-state index contributed by atoms with van der Waals surface area (Å²) in [5, 5.41) is 3.20. The van der Waals surface area contributed by atoms with Gasteiger partial charge in [-0.05, 0) is 32.0 Å². The number of ether oxygens (including phenoxy) is 1. The maximum absolute atomic E-state index is 13.3. The molecule has 2 aliphatic heterocycles. The van der Waals surface area contributed by atoms with Crippen molar-refractivity contribution in [3.05, 3.63) is 24.0 Å². The Balaban J connectivity index is 1.92. The van der Waals surface area contributed by atoms with Gasteiger partial charge in [0.2, 0.25) is 5.91 Å². The van der Waals surface area contributed by atoms with Crippen LogP contribution in [-0.2, 0) is 4.79 Å². The van der Waals surface area contributed by atoms with Crippen molar-refractivity contribution in [2.75, 3.05) is 24.5 Å². The molecule has 1 fully saturated rings. The molecule has 0 bridgehead atoms. The molecular weight excluding hydrogens is 247 g/mol. The van der Waals surface area contributed by atoms with Gasteiger partial charge in [0.1, 0.15) is 17.7 Å². The molecule has 3 rings (SSSR count). The van der Waals surface area contributed by atoms with Gasteiger partial charge in [-0.1, -0.05) is 0 Å². The lowest BCUT2D eigenvalue weighted by molar-refractivity contribution is -0.122. The minimum Gasteiger partial charge on any atom is -0.487 e. The van der Waals surface area contributed by atoms with Gasteiger partial charge in [-0.15, -0.1) is 0 Å². The number of hydrogen-bond donors (Lipinski definition) is 1. The largest absolute Gasteiger partial charge is 0.487 e. The van der Waals surface area contributed by atoms with Crippen molar-refractivity contribution in [2.45, 2.75) is 19.4 Å². The summed E-state index contributed by atoms with van der Waals surface area (Å²) in [6, 6.07) is 4.33. The summed E-state index contributed by atoms with van der Waals surface area (Å²) in [4.78, 5) is 14.3. The number of amides is 1. The van der Waals surface area contributed by atoms with Gasteiger partial charge in [0.15, 0.2) is 0 Å². The first kappa shape index (κ1) is 12.4. The molecule has 0 radical (unpaired) electrons. The maximum atomic E-state index is 13.3. The van der Waals surface area contributed by atoms with Crippen LogP contribution in [-0.4, -0.2) is 31.6 Å². The Bertz CT molecular complexity index is 500. The van der Waals surface area contributed by atoms with E-state index in [4.69, 9.17) is 4.74 Å². The molecule has 1 aromatic carbocycles. The molecule has 4 nitrogen and oxygen atoms in total. The van der Waals surface area contributed by atoms with Crippen molar-refractivity contribution in [3.8, 4) is 5.75 Å². The van der Waals surface area contributed by atoms with E-state index in [2.05, 4.69) is 5.32 Å². The number of carbonyl (C=O) groups is 1. The fraction of sp³-hybridized carbons (Fsp3) is 0.500. The second-order valence-corrected chi connectivity index (χ2v) is 5.18. The third-order valence-electron chi connectivity index (χ3n) is 3.66. The third-order valence-corrected chi connectivity index (χ3v) is 3.66. The highest BCUT2D eigenvalue weighted by atomic mass is 19.1. The number of nitrogens with one attached hydrogen (secondary N) is 1. The lowest BCUT2D eigenvalue weighted by atomic mass is 10.1. The number of benzene rings is 1. The molecule has 1 aromatic rings. The molecular formula is C14H17FN2O2. The first-order chi connectivity index (χ1) is 9.15. The van der Waals surface area contributed by atoms with Gasteiger partial charge in [-0.2, -0.15) is 0 Å². The van der Waals surface area contributed by atoms with E-state index in [1.807, 2.05) is 6.92 Å². The molecule has 102 valence electrons. The molecule has 2 heterocycles. The van der Waals surface area contributed by atoms with Gasteiger partial charge in [0.05, 0.1) is 18.2 Å². The number of rotatable bonds is 1. The van der Waals surface area contributed by atoms with Gasteiger partial charge in [-0.3, -0.25) is 4.79 Å². The molecule has 0 spiro atoms. The van der Waals surface area contributed by atoms with Crippen LogP contribution >= 0.6 is 0 Å². The molecule has 1 amide bonds. The summed E-state index contributed by atoms with van der Waals surface area (Å²) in [5.41, 5.74) is 0.677. The van der Waals surface area contributed by atoms with Gasteiger partial charge >= 0.3 is 0 Å². The fourth-order valence-corrected chi connectivity index (χ4v) is 2.71. The van der Waals surface area contributed by atoms with Crippen LogP contribution in [0.15, 0.2) is 18.2 Å². The van der Waals surface area contributed by atoms with Gasteiger partial charge in [-0.25, -0.2) is 4.39 Å². The van der Waals surface area contributed by atoms with Gasteiger partial charge in [0, 0.05) is 12.6 Å². The Morgan fingerprint density at radius 2 is 2.37 bits per heavy atom. The van der Waals surface area contributed by atoms with Crippen LogP contribution in [0.2, 0.25) is 0 Å². The molecule has 2 aliphatic rings. The smallest absolute Gasteiger partial charge is 0.231 e. The zero-order valence-electron chi connectivity index (χ0n) is 10.9. The van der Waals surface area contributed by atoms with Crippen LogP contribution in [0.3, 0.4) is 0 Å². The molecule has 0 aromatic heterocycles. The minimum atomic E-state index is -0.345. The van der Waals surface area contributed by atoms with Crippen LogP contribution in [0.4, 0.5) is 10.1 Å². The Kier molecular flexibility index (Phi) is 3.14. The summed E-state index contributed by atoms with van der Waals surface area (Å²) in [5.74, 6) is 0.233. The number of nitrogens with zero attached hydrogens (tertiary/aromatic N) is 1. The van der Waals surface area contributed by atoms with Crippen molar-refractivity contribution in [1.29, 1.82) is 0 Å². The van der Waals surface area contributed by atoms with Gasteiger partial charge in [0.25, 0.3) is 0 Å². The maximum Gasteiger partial charge on any atom is 0.231 e. The van der Waals surface area contributed by atoms with Crippen molar-refractivity contribution in [3.63, 3.8) is 0 Å². The van der Waals surface area contributed by atoms with Crippen LogP contribution in [0.25, 0.3) is 0 Å². The quantitative estimate of drug-likeness (QED) is 0.836. The number of fused-ring (bicyclic) bond motifs is 1. The second kappa shape index (κ2) is 4.81. The normalized spacial score (nSPS) is 25.9. The Morgan fingerprint density at radius 3 is 3.11 bits per heavy atom. The number of anilines is 1. The van der Waals surface area contributed by atoms with Crippen molar-refractivity contribution in [2.24, 2.45) is 5.92 Å². The predicted molar refractivity (Wildman–Crippen MR) is 69.8 cm³/mol. The summed E-state index contributed by atoms with van der Waals surface area (Å²) in [6.07, 6.45) is 0.744. The SMILES string of the molecule is C[C@@H]1CN(C(=O)[C@H]2CCNC2)c2ccc(F)cc2O1. The molecule has 2 atom stereocenters. The fourth-order valence-electron chi connectivity index (χ4n) is 2.71. The summed E-state index contributed by atoms with van der Waals surface area (Å²) < 4.78 is 18.9. The predicted octanol–water partition coefficient (Wildman–Crippen LogP) is 1.55. The van der Waals surface area contributed by atoms with Gasteiger partial charge < -0.3 is 15.0 Å². The van der Waals surface area contributed by atoms with Crippen LogP contribution in [0, 0.1) is 11.7 Å². The topological polar surface area (TPSA) is 41.6 Å². The number of halogens is 1. The molecule has 1 N–H and O–H groups in total. The minimum absolute atomic E-state index is 0.0169. The van der Waals surface area contributed by atoms with E-state index >= 15 is 0 Å². The first-order valence-electron chi connectivity index (χ1n) is 6.63. The van der Waals surface area contributed by atoms with E-state index in [1.54, 1.807) is 11.0 Å². The van der Waals surface area contributed by atoms with E-state index in [1.165, 1.54) is 12.1 Å². The average Bonchev–Trinajstić information content (AvgIpc) is 2.90. The zero-order chi connectivity index (χ0) is 13.4. The lowest BCUT2D eigenvalue weighted by Gasteiger charge is -2.34. The van der Waals surface area contributed by atoms with Crippen molar-refractivity contribution < 1.29 is 13.9 Å². The molecule has 1 saturated heterocycles. The highest BCUT2D eigenvalue weighted by Crippen LogP contribution is 2.35. The van der Waals surface area contributed by atoms with Crippen molar-refractivity contribution in [1.82, 2.24) is 5.32 Å². The molecule has 5 heteroatoms. The average molecular weight is 264 g/mol. The Labute approximate surface area is 111 Å². The van der Waals surface area contributed by atoms with E-state index in [0.29, 0.717) is 18.0 Å². The highest BCUT2D eigenvalue weighted by Gasteiger charge is 2.33. The highest BCUT2D eigenvalue weighted by molar-refractivity contribution is 5.97. The van der Waals surface area contributed by atoms with E-state index in [9.17, 15) is 9.18 Å². The number of hydrogen-bond acceptors (Lipinski definition) is 3. The summed E-state index contributed by atoms with van der Waals surface area (Å²) >= 11 is 0. The molecule has 0 saturated carbocycles. The van der Waals surface area contributed by atoms with E-state index < -0.39 is 0 Å². The summed E-state index contributed by atoms with van der Waals surface area (Å²) in [7, 11) is 0. The van der Waals surface area contributed by atoms with Crippen molar-refractivity contribution >= 4 is 11.6 Å². The van der Waals surface area contributed by atoms with E-state index in [0.717, 1.165) is 19.5 Å².